The first kappa shape index (κ1) is 15.8. The van der Waals surface area contributed by atoms with Gasteiger partial charge in [-0.2, -0.15) is 0 Å². The van der Waals surface area contributed by atoms with Crippen molar-refractivity contribution >= 4 is 11.8 Å². The van der Waals surface area contributed by atoms with Crippen molar-refractivity contribution < 1.29 is 9.59 Å². The minimum atomic E-state index is 0.0281. The molecule has 0 bridgehead atoms. The molecule has 3 fully saturated rings. The number of carbonyl (C=O) groups is 2. The van der Waals surface area contributed by atoms with Crippen molar-refractivity contribution in [2.75, 3.05) is 39.3 Å². The van der Waals surface area contributed by atoms with E-state index in [-0.39, 0.29) is 11.8 Å². The van der Waals surface area contributed by atoms with E-state index >= 15 is 0 Å². The summed E-state index contributed by atoms with van der Waals surface area (Å²) < 4.78 is 0. The van der Waals surface area contributed by atoms with Gasteiger partial charge in [0, 0.05) is 32.6 Å². The van der Waals surface area contributed by atoms with Gasteiger partial charge in [-0.25, -0.2) is 0 Å². The zero-order valence-electron chi connectivity index (χ0n) is 13.7. The summed E-state index contributed by atoms with van der Waals surface area (Å²) in [6.45, 7) is 7.40. The molecule has 3 saturated heterocycles. The van der Waals surface area contributed by atoms with Crippen molar-refractivity contribution in [3.63, 3.8) is 0 Å². The zero-order chi connectivity index (χ0) is 15.5. The fourth-order valence-electron chi connectivity index (χ4n) is 4.33. The predicted molar refractivity (Wildman–Crippen MR) is 85.3 cm³/mol. The van der Waals surface area contributed by atoms with Crippen molar-refractivity contribution in [1.82, 2.24) is 15.1 Å². The standard InChI is InChI=1S/C17H29N3O2/c1-2-16(21)20-7-3-4-15(12-20)17(22)19-8-5-13-10-18-11-14(13)6-9-19/h13-15,18H,2-12H2,1H3/t13-,14+,15?. The summed E-state index contributed by atoms with van der Waals surface area (Å²) in [6.07, 6.45) is 4.71. The second kappa shape index (κ2) is 6.99. The van der Waals surface area contributed by atoms with Gasteiger partial charge in [0.1, 0.15) is 0 Å². The van der Waals surface area contributed by atoms with Crippen LogP contribution in [0.5, 0.6) is 0 Å². The molecule has 0 saturated carbocycles. The summed E-state index contributed by atoms with van der Waals surface area (Å²) in [5, 5.41) is 3.48. The highest BCUT2D eigenvalue weighted by atomic mass is 16.2. The lowest BCUT2D eigenvalue weighted by molar-refractivity contribution is -0.140. The summed E-state index contributed by atoms with van der Waals surface area (Å²) in [5.41, 5.74) is 0. The molecule has 0 aliphatic carbocycles. The quantitative estimate of drug-likeness (QED) is 0.831. The van der Waals surface area contributed by atoms with Crippen LogP contribution in [0, 0.1) is 17.8 Å². The van der Waals surface area contributed by atoms with Gasteiger partial charge >= 0.3 is 0 Å². The van der Waals surface area contributed by atoms with Crippen LogP contribution in [0.1, 0.15) is 39.0 Å². The maximum Gasteiger partial charge on any atom is 0.227 e. The normalized spacial score (nSPS) is 32.5. The molecular formula is C17H29N3O2. The van der Waals surface area contributed by atoms with Crippen molar-refractivity contribution in [2.24, 2.45) is 17.8 Å². The van der Waals surface area contributed by atoms with Crippen LogP contribution >= 0.6 is 0 Å². The largest absolute Gasteiger partial charge is 0.342 e. The minimum absolute atomic E-state index is 0.0281. The minimum Gasteiger partial charge on any atom is -0.342 e. The highest BCUT2D eigenvalue weighted by Gasteiger charge is 2.35. The number of amides is 2. The monoisotopic (exact) mass is 307 g/mol. The summed E-state index contributed by atoms with van der Waals surface area (Å²) in [7, 11) is 0. The molecule has 3 rings (SSSR count). The summed E-state index contributed by atoms with van der Waals surface area (Å²) in [5.74, 6) is 2.01. The van der Waals surface area contributed by atoms with Gasteiger partial charge in [-0.1, -0.05) is 6.92 Å². The second-order valence-corrected chi connectivity index (χ2v) is 7.11. The smallest absolute Gasteiger partial charge is 0.227 e. The lowest BCUT2D eigenvalue weighted by Crippen LogP contribution is -2.47. The number of hydrogen-bond acceptors (Lipinski definition) is 3. The Morgan fingerprint density at radius 3 is 2.32 bits per heavy atom. The van der Waals surface area contributed by atoms with Crippen LogP contribution in [0.15, 0.2) is 0 Å². The van der Waals surface area contributed by atoms with E-state index in [4.69, 9.17) is 0 Å². The molecule has 3 heterocycles. The zero-order valence-corrected chi connectivity index (χ0v) is 13.7. The van der Waals surface area contributed by atoms with Gasteiger partial charge in [-0.15, -0.1) is 0 Å². The first-order chi connectivity index (χ1) is 10.7. The van der Waals surface area contributed by atoms with E-state index in [1.807, 2.05) is 11.8 Å². The number of hydrogen-bond donors (Lipinski definition) is 1. The molecule has 5 nitrogen and oxygen atoms in total. The maximum atomic E-state index is 12.9. The Kier molecular flexibility index (Phi) is 5.01. The lowest BCUT2D eigenvalue weighted by Gasteiger charge is -2.34. The Balaban J connectivity index is 1.57. The summed E-state index contributed by atoms with van der Waals surface area (Å²) >= 11 is 0. The fraction of sp³-hybridized carbons (Fsp3) is 0.882. The van der Waals surface area contributed by atoms with E-state index in [2.05, 4.69) is 10.2 Å². The Labute approximate surface area is 133 Å². The third-order valence-corrected chi connectivity index (χ3v) is 5.76. The first-order valence-corrected chi connectivity index (χ1v) is 8.96. The maximum absolute atomic E-state index is 12.9. The molecule has 0 aromatic rings. The van der Waals surface area contributed by atoms with Gasteiger partial charge in [-0.3, -0.25) is 9.59 Å². The average Bonchev–Trinajstić information content (AvgIpc) is 2.92. The van der Waals surface area contributed by atoms with Gasteiger partial charge < -0.3 is 15.1 Å². The van der Waals surface area contributed by atoms with Crippen LogP contribution < -0.4 is 5.32 Å². The number of fused-ring (bicyclic) bond motifs is 1. The second-order valence-electron chi connectivity index (χ2n) is 7.11. The Bertz CT molecular complexity index is 412. The molecule has 22 heavy (non-hydrogen) atoms. The molecule has 0 radical (unpaired) electrons. The number of rotatable bonds is 2. The van der Waals surface area contributed by atoms with Gasteiger partial charge in [0.15, 0.2) is 0 Å². The third-order valence-electron chi connectivity index (χ3n) is 5.76. The van der Waals surface area contributed by atoms with Crippen LogP contribution in [0.3, 0.4) is 0 Å². The van der Waals surface area contributed by atoms with E-state index in [1.54, 1.807) is 0 Å². The summed E-state index contributed by atoms with van der Waals surface area (Å²) in [6, 6.07) is 0. The number of likely N-dealkylation sites (tertiary alicyclic amines) is 2. The van der Waals surface area contributed by atoms with E-state index in [9.17, 15) is 9.59 Å². The number of piperidine rings is 1. The number of nitrogens with one attached hydrogen (secondary N) is 1. The molecule has 1 N–H and O–H groups in total. The highest BCUT2D eigenvalue weighted by molar-refractivity contribution is 5.81. The molecule has 1 unspecified atom stereocenters. The summed E-state index contributed by atoms with van der Waals surface area (Å²) in [4.78, 5) is 28.7. The van der Waals surface area contributed by atoms with E-state index in [1.165, 1.54) is 0 Å². The van der Waals surface area contributed by atoms with Gasteiger partial charge in [0.05, 0.1) is 5.92 Å². The van der Waals surface area contributed by atoms with Crippen LogP contribution in [-0.2, 0) is 9.59 Å². The molecular weight excluding hydrogens is 278 g/mol. The first-order valence-electron chi connectivity index (χ1n) is 8.96. The molecule has 0 aromatic carbocycles. The lowest BCUT2D eigenvalue weighted by atomic mass is 9.92. The van der Waals surface area contributed by atoms with Crippen LogP contribution in [-0.4, -0.2) is 60.9 Å². The molecule has 124 valence electrons. The number of carbonyl (C=O) groups excluding carboxylic acids is 2. The number of nitrogens with zero attached hydrogens (tertiary/aromatic N) is 2. The molecule has 3 aliphatic heterocycles. The molecule has 5 heteroatoms. The SMILES string of the molecule is CCC(=O)N1CCCC(C(=O)N2CC[C@@H]3CNC[C@@H]3CC2)C1. The highest BCUT2D eigenvalue weighted by Crippen LogP contribution is 2.28. The Hall–Kier alpha value is -1.10. The van der Waals surface area contributed by atoms with Gasteiger partial charge in [-0.05, 0) is 50.6 Å². The van der Waals surface area contributed by atoms with Crippen LogP contribution in [0.4, 0.5) is 0 Å². The van der Waals surface area contributed by atoms with Crippen molar-refractivity contribution in [2.45, 2.75) is 39.0 Å². The van der Waals surface area contributed by atoms with Crippen molar-refractivity contribution in [3.05, 3.63) is 0 Å². The van der Waals surface area contributed by atoms with Crippen LogP contribution in [0.25, 0.3) is 0 Å². The molecule has 2 amide bonds. The van der Waals surface area contributed by atoms with Gasteiger partial charge in [0.25, 0.3) is 0 Å². The van der Waals surface area contributed by atoms with Crippen molar-refractivity contribution in [3.8, 4) is 0 Å². The molecule has 0 aromatic heterocycles. The molecule has 0 spiro atoms. The fourth-order valence-corrected chi connectivity index (χ4v) is 4.33. The van der Waals surface area contributed by atoms with E-state index < -0.39 is 0 Å². The van der Waals surface area contributed by atoms with E-state index in [0.29, 0.717) is 18.9 Å². The predicted octanol–water partition coefficient (Wildman–Crippen LogP) is 1.09. The molecule has 3 aliphatic rings. The topological polar surface area (TPSA) is 52.7 Å². The average molecular weight is 307 g/mol. The van der Waals surface area contributed by atoms with Gasteiger partial charge in [0.2, 0.25) is 11.8 Å². The molecule has 3 atom stereocenters. The Morgan fingerprint density at radius 1 is 1.00 bits per heavy atom. The van der Waals surface area contributed by atoms with Crippen molar-refractivity contribution in [1.29, 1.82) is 0 Å². The Morgan fingerprint density at radius 2 is 1.68 bits per heavy atom. The van der Waals surface area contributed by atoms with Crippen LogP contribution in [0.2, 0.25) is 0 Å². The van der Waals surface area contributed by atoms with E-state index in [0.717, 1.165) is 70.2 Å². The third kappa shape index (κ3) is 3.29.